The fourth-order valence-electron chi connectivity index (χ4n) is 4.91. The number of hydrogen-bond acceptors (Lipinski definition) is 5. The predicted octanol–water partition coefficient (Wildman–Crippen LogP) is 5.71. The maximum atomic E-state index is 13.7. The highest BCUT2D eigenvalue weighted by atomic mass is 32.1. The highest BCUT2D eigenvalue weighted by Gasteiger charge is 2.31. The van der Waals surface area contributed by atoms with E-state index in [0.717, 1.165) is 47.6 Å². The van der Waals surface area contributed by atoms with Crippen LogP contribution in [0.3, 0.4) is 0 Å². The number of carbonyl (C=O) groups excluding carboxylic acids is 2. The molecule has 0 unspecified atom stereocenters. The molecule has 1 heterocycles. The van der Waals surface area contributed by atoms with Crippen molar-refractivity contribution in [2.45, 2.75) is 50.3 Å². The van der Waals surface area contributed by atoms with E-state index in [1.807, 2.05) is 91.0 Å². The summed E-state index contributed by atoms with van der Waals surface area (Å²) in [5, 5.41) is 8.92. The molecular formula is C31H31N3O3S. The van der Waals surface area contributed by atoms with E-state index in [1.165, 1.54) is 11.3 Å². The largest absolute Gasteiger partial charge is 0.486 e. The second-order valence-corrected chi connectivity index (χ2v) is 10.4. The maximum Gasteiger partial charge on any atom is 0.271 e. The van der Waals surface area contributed by atoms with Gasteiger partial charge >= 0.3 is 0 Å². The molecule has 0 bridgehead atoms. The molecule has 6 nitrogen and oxygen atoms in total. The Morgan fingerprint density at radius 3 is 1.97 bits per heavy atom. The number of para-hydroxylation sites is 1. The number of nitrogens with one attached hydrogen (secondary N) is 2. The first-order valence-corrected chi connectivity index (χ1v) is 13.9. The van der Waals surface area contributed by atoms with E-state index in [0.29, 0.717) is 12.3 Å². The number of thiazole rings is 1. The minimum Gasteiger partial charge on any atom is -0.486 e. The van der Waals surface area contributed by atoms with Crippen LogP contribution in [-0.2, 0) is 11.4 Å². The van der Waals surface area contributed by atoms with Crippen LogP contribution in [0.5, 0.6) is 5.75 Å². The summed E-state index contributed by atoms with van der Waals surface area (Å²) in [6, 6.07) is 28.9. The first kappa shape index (κ1) is 25.7. The topological polar surface area (TPSA) is 80.3 Å². The molecule has 2 amide bonds. The summed E-state index contributed by atoms with van der Waals surface area (Å²) < 4.78 is 5.76. The smallest absolute Gasteiger partial charge is 0.271 e. The van der Waals surface area contributed by atoms with Gasteiger partial charge in [0, 0.05) is 17.5 Å². The van der Waals surface area contributed by atoms with Crippen molar-refractivity contribution in [2.75, 3.05) is 0 Å². The van der Waals surface area contributed by atoms with Gasteiger partial charge in [-0.3, -0.25) is 9.59 Å². The monoisotopic (exact) mass is 525 g/mol. The number of ether oxygens (including phenoxy) is 1. The van der Waals surface area contributed by atoms with Gasteiger partial charge in [0.15, 0.2) is 0 Å². The molecule has 1 saturated carbocycles. The van der Waals surface area contributed by atoms with Gasteiger partial charge < -0.3 is 15.4 Å². The van der Waals surface area contributed by atoms with Crippen molar-refractivity contribution in [3.05, 3.63) is 118 Å². The van der Waals surface area contributed by atoms with Gasteiger partial charge in [0.1, 0.15) is 23.1 Å². The Labute approximate surface area is 227 Å². The zero-order valence-corrected chi connectivity index (χ0v) is 21.9. The van der Waals surface area contributed by atoms with Crippen molar-refractivity contribution in [1.29, 1.82) is 0 Å². The number of benzene rings is 3. The fraction of sp³-hybridized carbons (Fsp3) is 0.258. The van der Waals surface area contributed by atoms with E-state index in [4.69, 9.17) is 4.74 Å². The van der Waals surface area contributed by atoms with Gasteiger partial charge in [0.25, 0.3) is 5.91 Å². The highest BCUT2D eigenvalue weighted by Crippen LogP contribution is 2.27. The molecule has 1 aliphatic carbocycles. The van der Waals surface area contributed by atoms with Crippen LogP contribution in [0.15, 0.2) is 96.4 Å². The summed E-state index contributed by atoms with van der Waals surface area (Å²) in [5.41, 5.74) is 2.27. The summed E-state index contributed by atoms with van der Waals surface area (Å²) in [4.78, 5) is 31.2. The molecule has 0 saturated heterocycles. The van der Waals surface area contributed by atoms with E-state index in [-0.39, 0.29) is 23.9 Å². The Morgan fingerprint density at radius 1 is 0.816 bits per heavy atom. The first-order chi connectivity index (χ1) is 18.7. The summed E-state index contributed by atoms with van der Waals surface area (Å²) in [5.74, 6) is 0.0729. The standard InChI is InChI=1S/C31H31N3O3S/c35-30(27-21-38-28(32-27)20-37-24-16-8-3-9-17-24)33-25-18-10-11-19-26(25)34-31(36)29(22-12-4-1-5-13-22)23-14-6-2-7-15-23/h1-9,12-17,21,25-26,29H,10-11,18-20H2,(H,33,35)(H,34,36)/t25-,26-/m1/s1. The number of hydrogen-bond donors (Lipinski definition) is 2. The van der Waals surface area contributed by atoms with Crippen LogP contribution in [0.25, 0.3) is 0 Å². The Morgan fingerprint density at radius 2 is 1.37 bits per heavy atom. The lowest BCUT2D eigenvalue weighted by molar-refractivity contribution is -0.122. The van der Waals surface area contributed by atoms with E-state index < -0.39 is 5.92 Å². The quantitative estimate of drug-likeness (QED) is 0.293. The van der Waals surface area contributed by atoms with Crippen molar-refractivity contribution < 1.29 is 14.3 Å². The van der Waals surface area contributed by atoms with Crippen LogP contribution in [0, 0.1) is 0 Å². The van der Waals surface area contributed by atoms with Crippen molar-refractivity contribution in [3.63, 3.8) is 0 Å². The number of nitrogens with zero attached hydrogens (tertiary/aromatic N) is 1. The highest BCUT2D eigenvalue weighted by molar-refractivity contribution is 7.09. The Hall–Kier alpha value is -3.97. The third-order valence-electron chi connectivity index (χ3n) is 6.83. The van der Waals surface area contributed by atoms with Crippen LogP contribution in [0.1, 0.15) is 58.2 Å². The van der Waals surface area contributed by atoms with Crippen molar-refractivity contribution in [1.82, 2.24) is 15.6 Å². The average Bonchev–Trinajstić information content (AvgIpc) is 3.44. The summed E-state index contributed by atoms with van der Waals surface area (Å²) >= 11 is 1.40. The Kier molecular flexibility index (Phi) is 8.46. The zero-order chi connectivity index (χ0) is 26.2. The summed E-state index contributed by atoms with van der Waals surface area (Å²) in [6.45, 7) is 0.310. The van der Waals surface area contributed by atoms with E-state index in [2.05, 4.69) is 15.6 Å². The van der Waals surface area contributed by atoms with Gasteiger partial charge in [-0.05, 0) is 36.1 Å². The van der Waals surface area contributed by atoms with Gasteiger partial charge in [-0.2, -0.15) is 0 Å². The normalized spacial score (nSPS) is 17.1. The van der Waals surface area contributed by atoms with Gasteiger partial charge in [0.05, 0.1) is 5.92 Å². The lowest BCUT2D eigenvalue weighted by Gasteiger charge is -2.34. The van der Waals surface area contributed by atoms with E-state index >= 15 is 0 Å². The van der Waals surface area contributed by atoms with Gasteiger partial charge in [-0.15, -0.1) is 11.3 Å². The second kappa shape index (κ2) is 12.5. The van der Waals surface area contributed by atoms with Gasteiger partial charge in [-0.1, -0.05) is 91.7 Å². The molecule has 7 heteroatoms. The lowest BCUT2D eigenvalue weighted by atomic mass is 9.87. The third kappa shape index (κ3) is 6.47. The van der Waals surface area contributed by atoms with Crippen LogP contribution < -0.4 is 15.4 Å². The molecule has 2 atom stereocenters. The molecule has 5 rings (SSSR count). The molecule has 1 fully saturated rings. The number of rotatable bonds is 9. The Balaban J connectivity index is 1.24. The molecule has 3 aromatic carbocycles. The second-order valence-electron chi connectivity index (χ2n) is 9.46. The predicted molar refractivity (Wildman–Crippen MR) is 149 cm³/mol. The van der Waals surface area contributed by atoms with Crippen molar-refractivity contribution in [3.8, 4) is 5.75 Å². The number of amides is 2. The van der Waals surface area contributed by atoms with Gasteiger partial charge in [-0.25, -0.2) is 4.98 Å². The lowest BCUT2D eigenvalue weighted by Crippen LogP contribution is -2.54. The number of aromatic nitrogens is 1. The van der Waals surface area contributed by atoms with Crippen LogP contribution in [0.4, 0.5) is 0 Å². The fourth-order valence-corrected chi connectivity index (χ4v) is 5.60. The van der Waals surface area contributed by atoms with Crippen LogP contribution >= 0.6 is 11.3 Å². The molecule has 2 N–H and O–H groups in total. The summed E-state index contributed by atoms with van der Waals surface area (Å²) in [6.07, 6.45) is 3.65. The number of carbonyl (C=O) groups is 2. The van der Waals surface area contributed by atoms with E-state index in [9.17, 15) is 9.59 Å². The van der Waals surface area contributed by atoms with Crippen molar-refractivity contribution >= 4 is 23.2 Å². The zero-order valence-electron chi connectivity index (χ0n) is 21.1. The SMILES string of the molecule is O=C(N[C@@H]1CCCC[C@H]1NC(=O)C(c1ccccc1)c1ccccc1)c1csc(COc2ccccc2)n1. The molecule has 0 aliphatic heterocycles. The molecule has 1 aliphatic rings. The molecule has 0 radical (unpaired) electrons. The van der Waals surface area contributed by atoms with Crippen LogP contribution in [0.2, 0.25) is 0 Å². The molecular weight excluding hydrogens is 494 g/mol. The van der Waals surface area contributed by atoms with Crippen LogP contribution in [-0.4, -0.2) is 28.9 Å². The maximum absolute atomic E-state index is 13.7. The average molecular weight is 526 g/mol. The molecule has 4 aromatic rings. The minimum atomic E-state index is -0.415. The minimum absolute atomic E-state index is 0.0532. The molecule has 38 heavy (non-hydrogen) atoms. The Bertz CT molecular complexity index is 1290. The third-order valence-corrected chi connectivity index (χ3v) is 7.65. The first-order valence-electron chi connectivity index (χ1n) is 13.0. The molecule has 194 valence electrons. The summed E-state index contributed by atoms with van der Waals surface area (Å²) in [7, 11) is 0. The van der Waals surface area contributed by atoms with Crippen molar-refractivity contribution in [2.24, 2.45) is 0 Å². The van der Waals surface area contributed by atoms with E-state index in [1.54, 1.807) is 5.38 Å². The molecule has 0 spiro atoms. The van der Waals surface area contributed by atoms with Gasteiger partial charge in [0.2, 0.25) is 5.91 Å². The molecule has 1 aromatic heterocycles.